The van der Waals surface area contributed by atoms with Gasteiger partial charge in [0.25, 0.3) is 5.69 Å². The number of nitrogens with zero attached hydrogens (tertiary/aromatic N) is 1. The zero-order valence-electron chi connectivity index (χ0n) is 8.70. The van der Waals surface area contributed by atoms with Crippen LogP contribution in [0.3, 0.4) is 0 Å². The number of hydrogen-bond acceptors (Lipinski definition) is 4. The summed E-state index contributed by atoms with van der Waals surface area (Å²) in [5.41, 5.74) is -1.61. The van der Waals surface area contributed by atoms with Crippen molar-refractivity contribution < 1.29 is 23.2 Å². The molecule has 0 bridgehead atoms. The van der Waals surface area contributed by atoms with Gasteiger partial charge in [0, 0.05) is 6.07 Å². The van der Waals surface area contributed by atoms with E-state index in [1.807, 2.05) is 0 Å². The van der Waals surface area contributed by atoms with Gasteiger partial charge in [0.2, 0.25) is 0 Å². The fourth-order valence-electron chi connectivity index (χ4n) is 1.08. The topological polar surface area (TPSA) is 81.5 Å². The first-order chi connectivity index (χ1) is 7.97. The molecule has 1 aromatic rings. The fraction of sp³-hybridized carbons (Fsp3) is 0.222. The molecule has 1 amide bonds. The van der Waals surface area contributed by atoms with Crippen molar-refractivity contribution in [3.05, 3.63) is 33.9 Å². The molecule has 0 fully saturated rings. The Kier molecular flexibility index (Phi) is 3.91. The van der Waals surface area contributed by atoms with Crippen molar-refractivity contribution >= 4 is 17.5 Å². The van der Waals surface area contributed by atoms with Crippen molar-refractivity contribution in [1.82, 2.24) is 0 Å². The van der Waals surface area contributed by atoms with Crippen molar-refractivity contribution in [3.8, 4) is 0 Å². The van der Waals surface area contributed by atoms with E-state index >= 15 is 0 Å². The number of hydrogen-bond donors (Lipinski definition) is 1. The Morgan fingerprint density at radius 3 is 2.71 bits per heavy atom. The third kappa shape index (κ3) is 2.86. The van der Waals surface area contributed by atoms with Crippen LogP contribution in [0.2, 0.25) is 0 Å². The van der Waals surface area contributed by atoms with Crippen molar-refractivity contribution in [2.24, 2.45) is 0 Å². The number of nitrogens with one attached hydrogen (secondary N) is 1. The molecule has 0 aliphatic carbocycles. The summed E-state index contributed by atoms with van der Waals surface area (Å²) >= 11 is 0. The molecule has 6 nitrogen and oxygen atoms in total. The lowest BCUT2D eigenvalue weighted by Gasteiger charge is -2.07. The second-order valence-corrected chi connectivity index (χ2v) is 2.86. The Bertz CT molecular complexity index is 465. The molecule has 0 unspecified atom stereocenters. The molecule has 17 heavy (non-hydrogen) atoms. The van der Waals surface area contributed by atoms with Crippen LogP contribution < -0.4 is 5.32 Å². The van der Waals surface area contributed by atoms with E-state index in [2.05, 4.69) is 4.74 Å². The zero-order chi connectivity index (χ0) is 13.0. The van der Waals surface area contributed by atoms with Crippen molar-refractivity contribution in [2.45, 2.75) is 6.92 Å². The third-order valence-electron chi connectivity index (χ3n) is 1.77. The van der Waals surface area contributed by atoms with Crippen LogP contribution in [0.4, 0.5) is 25.0 Å². The molecule has 92 valence electrons. The number of halogens is 2. The molecular weight excluding hydrogens is 238 g/mol. The van der Waals surface area contributed by atoms with Crippen molar-refractivity contribution in [2.75, 3.05) is 11.9 Å². The summed E-state index contributed by atoms with van der Waals surface area (Å²) in [6.45, 7) is 1.49. The summed E-state index contributed by atoms with van der Waals surface area (Å²) in [6, 6.07) is 1.35. The Morgan fingerprint density at radius 2 is 2.18 bits per heavy atom. The number of nitro benzene ring substituents is 1. The molecule has 1 rings (SSSR count). The number of benzene rings is 1. The van der Waals surface area contributed by atoms with E-state index in [-0.39, 0.29) is 6.61 Å². The highest BCUT2D eigenvalue weighted by atomic mass is 19.2. The highest BCUT2D eigenvalue weighted by Crippen LogP contribution is 2.29. The molecule has 1 N–H and O–H groups in total. The van der Waals surface area contributed by atoms with E-state index < -0.39 is 34.0 Å². The number of nitro groups is 1. The summed E-state index contributed by atoms with van der Waals surface area (Å²) in [7, 11) is 0. The average molecular weight is 246 g/mol. The Labute approximate surface area is 94.3 Å². The van der Waals surface area contributed by atoms with Crippen molar-refractivity contribution in [1.29, 1.82) is 0 Å². The third-order valence-corrected chi connectivity index (χ3v) is 1.77. The monoisotopic (exact) mass is 246 g/mol. The van der Waals surface area contributed by atoms with Gasteiger partial charge in [0.1, 0.15) is 0 Å². The Hall–Kier alpha value is -2.25. The highest BCUT2D eigenvalue weighted by Gasteiger charge is 2.23. The molecule has 0 spiro atoms. The number of rotatable bonds is 3. The maximum Gasteiger partial charge on any atom is 0.411 e. The van der Waals surface area contributed by atoms with E-state index in [9.17, 15) is 23.7 Å². The van der Waals surface area contributed by atoms with Gasteiger partial charge >= 0.3 is 6.09 Å². The minimum absolute atomic E-state index is 0.00341. The SMILES string of the molecule is CCOC(=O)Nc1c([N+](=O)[O-])ccc(F)c1F. The Morgan fingerprint density at radius 1 is 1.53 bits per heavy atom. The molecule has 0 aliphatic heterocycles. The lowest BCUT2D eigenvalue weighted by molar-refractivity contribution is -0.384. The van der Waals surface area contributed by atoms with Crippen LogP contribution in [-0.4, -0.2) is 17.6 Å². The second-order valence-electron chi connectivity index (χ2n) is 2.86. The fourth-order valence-corrected chi connectivity index (χ4v) is 1.08. The lowest BCUT2D eigenvalue weighted by Crippen LogP contribution is -2.16. The second kappa shape index (κ2) is 5.19. The van der Waals surface area contributed by atoms with Gasteiger partial charge in [-0.25, -0.2) is 13.6 Å². The smallest absolute Gasteiger partial charge is 0.411 e. The van der Waals surface area contributed by atoms with Gasteiger partial charge in [-0.15, -0.1) is 0 Å². The van der Waals surface area contributed by atoms with Crippen LogP contribution in [0.1, 0.15) is 6.92 Å². The summed E-state index contributed by atoms with van der Waals surface area (Å²) in [5, 5.41) is 12.3. The van der Waals surface area contributed by atoms with Crippen LogP contribution >= 0.6 is 0 Å². The number of carbonyl (C=O) groups is 1. The van der Waals surface area contributed by atoms with E-state index in [0.717, 1.165) is 6.07 Å². The maximum atomic E-state index is 13.3. The number of amides is 1. The van der Waals surface area contributed by atoms with Gasteiger partial charge in [0.05, 0.1) is 11.5 Å². The molecule has 1 aromatic carbocycles. The summed E-state index contributed by atoms with van der Waals surface area (Å²) in [4.78, 5) is 20.6. The minimum Gasteiger partial charge on any atom is -0.450 e. The predicted molar refractivity (Wildman–Crippen MR) is 53.7 cm³/mol. The number of anilines is 1. The maximum absolute atomic E-state index is 13.3. The highest BCUT2D eigenvalue weighted by molar-refractivity contribution is 5.88. The predicted octanol–water partition coefficient (Wildman–Crippen LogP) is 2.44. The van der Waals surface area contributed by atoms with E-state index in [1.54, 1.807) is 5.32 Å². The van der Waals surface area contributed by atoms with Gasteiger partial charge in [-0.05, 0) is 13.0 Å². The zero-order valence-corrected chi connectivity index (χ0v) is 8.70. The van der Waals surface area contributed by atoms with Crippen LogP contribution in [0.15, 0.2) is 12.1 Å². The Balaban J connectivity index is 3.14. The quantitative estimate of drug-likeness (QED) is 0.656. The van der Waals surface area contributed by atoms with Gasteiger partial charge in [-0.3, -0.25) is 15.4 Å². The summed E-state index contributed by atoms with van der Waals surface area (Å²) in [5.74, 6) is -2.81. The summed E-state index contributed by atoms with van der Waals surface area (Å²) in [6.07, 6.45) is -1.10. The molecular formula is C9H8F2N2O4. The first-order valence-electron chi connectivity index (χ1n) is 4.53. The van der Waals surface area contributed by atoms with E-state index in [4.69, 9.17) is 0 Å². The van der Waals surface area contributed by atoms with Gasteiger partial charge in [-0.2, -0.15) is 0 Å². The normalized spacial score (nSPS) is 9.82. The molecule has 0 saturated carbocycles. The largest absolute Gasteiger partial charge is 0.450 e. The molecule has 0 radical (unpaired) electrons. The number of ether oxygens (including phenoxy) is 1. The molecule has 0 atom stereocenters. The van der Waals surface area contributed by atoms with E-state index in [0.29, 0.717) is 6.07 Å². The molecule has 8 heteroatoms. The molecule has 0 saturated heterocycles. The first kappa shape index (κ1) is 12.8. The van der Waals surface area contributed by atoms with Crippen molar-refractivity contribution in [3.63, 3.8) is 0 Å². The van der Waals surface area contributed by atoms with E-state index in [1.165, 1.54) is 6.92 Å². The molecule has 0 aromatic heterocycles. The summed E-state index contributed by atoms with van der Waals surface area (Å²) < 4.78 is 30.6. The molecule has 0 aliphatic rings. The lowest BCUT2D eigenvalue weighted by atomic mass is 10.2. The van der Waals surface area contributed by atoms with Crippen LogP contribution in [0.25, 0.3) is 0 Å². The van der Waals surface area contributed by atoms with Crippen LogP contribution in [-0.2, 0) is 4.74 Å². The first-order valence-corrected chi connectivity index (χ1v) is 4.53. The van der Waals surface area contributed by atoms with Gasteiger partial charge in [0.15, 0.2) is 17.3 Å². The minimum atomic E-state index is -1.51. The van der Waals surface area contributed by atoms with Crippen LogP contribution in [0, 0.1) is 21.7 Å². The standard InChI is InChI=1S/C9H8F2N2O4/c1-2-17-9(14)12-8-6(13(15)16)4-3-5(10)7(8)11/h3-4H,2H2,1H3,(H,12,14). The van der Waals surface area contributed by atoms with Gasteiger partial charge < -0.3 is 4.74 Å². The van der Waals surface area contributed by atoms with Crippen LogP contribution in [0.5, 0.6) is 0 Å². The average Bonchev–Trinajstić information content (AvgIpc) is 2.25. The number of carbonyl (C=O) groups excluding carboxylic acids is 1. The molecule has 0 heterocycles. The van der Waals surface area contributed by atoms with Gasteiger partial charge in [-0.1, -0.05) is 0 Å².